The summed E-state index contributed by atoms with van der Waals surface area (Å²) in [7, 11) is 0. The van der Waals surface area contributed by atoms with Gasteiger partial charge in [0.1, 0.15) is 10.0 Å². The molecule has 0 aliphatic carbocycles. The fourth-order valence-corrected chi connectivity index (χ4v) is 2.27. The van der Waals surface area contributed by atoms with Gasteiger partial charge in [0.2, 0.25) is 0 Å². The van der Waals surface area contributed by atoms with Gasteiger partial charge in [0.05, 0.1) is 11.1 Å². The highest BCUT2D eigenvalue weighted by Gasteiger charge is 2.03. The molecule has 0 aliphatic heterocycles. The third-order valence-corrected chi connectivity index (χ3v) is 3.49. The molecule has 13 heavy (non-hydrogen) atoms. The lowest BCUT2D eigenvalue weighted by Crippen LogP contribution is -1.79. The van der Waals surface area contributed by atoms with Gasteiger partial charge in [-0.05, 0) is 6.26 Å². The maximum atomic E-state index is 4.22. The first-order chi connectivity index (χ1) is 6.40. The Morgan fingerprint density at radius 3 is 2.77 bits per heavy atom. The van der Waals surface area contributed by atoms with E-state index >= 15 is 0 Å². The Morgan fingerprint density at radius 1 is 1.23 bits per heavy atom. The minimum absolute atomic E-state index is 0.889. The van der Waals surface area contributed by atoms with E-state index < -0.39 is 0 Å². The molecule has 0 spiro atoms. The summed E-state index contributed by atoms with van der Waals surface area (Å²) in [5, 5.41) is 0. The molecule has 66 valence electrons. The van der Waals surface area contributed by atoms with Crippen molar-refractivity contribution in [3.63, 3.8) is 0 Å². The molecule has 0 unspecified atom stereocenters. The highest BCUT2D eigenvalue weighted by molar-refractivity contribution is 8.00. The molecule has 2 aromatic rings. The number of nitrogens with zero attached hydrogens (tertiary/aromatic N) is 3. The minimum Gasteiger partial charge on any atom is -0.261 e. The second-order valence-corrected chi connectivity index (χ2v) is 4.37. The van der Waals surface area contributed by atoms with E-state index in [1.165, 1.54) is 0 Å². The Bertz CT molecular complexity index is 385. The molecule has 0 aromatic carbocycles. The van der Waals surface area contributed by atoms with Gasteiger partial charge >= 0.3 is 0 Å². The van der Waals surface area contributed by atoms with Gasteiger partial charge < -0.3 is 0 Å². The zero-order valence-electron chi connectivity index (χ0n) is 6.97. The Hall–Kier alpha value is -0.940. The number of aromatic nitrogens is 3. The first kappa shape index (κ1) is 8.65. The average molecular weight is 209 g/mol. The minimum atomic E-state index is 0.889. The van der Waals surface area contributed by atoms with Crippen molar-refractivity contribution in [2.24, 2.45) is 0 Å². The first-order valence-corrected chi connectivity index (χ1v) is 5.70. The lowest BCUT2D eigenvalue weighted by atomic mass is 10.4. The molecule has 3 nitrogen and oxygen atoms in total. The lowest BCUT2D eigenvalue weighted by Gasteiger charge is -1.91. The van der Waals surface area contributed by atoms with E-state index in [1.807, 2.05) is 12.5 Å². The summed E-state index contributed by atoms with van der Waals surface area (Å²) in [6.45, 7) is 0. The largest absolute Gasteiger partial charge is 0.261 e. The van der Waals surface area contributed by atoms with Crippen molar-refractivity contribution in [3.05, 3.63) is 24.8 Å². The maximum absolute atomic E-state index is 4.22. The van der Waals surface area contributed by atoms with Crippen LogP contribution < -0.4 is 0 Å². The van der Waals surface area contributed by atoms with Gasteiger partial charge in [-0.1, -0.05) is 11.8 Å². The molecule has 5 heteroatoms. The van der Waals surface area contributed by atoms with Crippen LogP contribution in [0.2, 0.25) is 0 Å². The fourth-order valence-electron chi connectivity index (χ4n) is 0.897. The second-order valence-electron chi connectivity index (χ2n) is 2.29. The summed E-state index contributed by atoms with van der Waals surface area (Å²) in [6.07, 6.45) is 8.95. The van der Waals surface area contributed by atoms with E-state index in [0.717, 1.165) is 14.9 Å². The van der Waals surface area contributed by atoms with Crippen molar-refractivity contribution < 1.29 is 0 Å². The molecular weight excluding hydrogens is 202 g/mol. The molecule has 2 rings (SSSR count). The van der Waals surface area contributed by atoms with Crippen LogP contribution in [0.1, 0.15) is 0 Å². The van der Waals surface area contributed by atoms with Crippen molar-refractivity contribution in [3.8, 4) is 10.6 Å². The van der Waals surface area contributed by atoms with Crippen molar-refractivity contribution in [2.75, 3.05) is 6.26 Å². The average Bonchev–Trinajstić information content (AvgIpc) is 2.67. The fraction of sp³-hybridized carbons (Fsp3) is 0.125. The number of thioether (sulfide) groups is 1. The summed E-state index contributed by atoms with van der Waals surface area (Å²) in [5.74, 6) is 0. The van der Waals surface area contributed by atoms with Crippen LogP contribution in [-0.2, 0) is 0 Å². The van der Waals surface area contributed by atoms with Gasteiger partial charge in [0, 0.05) is 18.6 Å². The SMILES string of the molecule is CSc1ncc(-c2cnccn2)s1. The van der Waals surface area contributed by atoms with Crippen LogP contribution in [0.15, 0.2) is 29.1 Å². The third kappa shape index (κ3) is 1.87. The van der Waals surface area contributed by atoms with Gasteiger partial charge in [-0.2, -0.15) is 0 Å². The third-order valence-electron chi connectivity index (χ3n) is 1.47. The summed E-state index contributed by atoms with van der Waals surface area (Å²) in [4.78, 5) is 13.5. The molecule has 0 amide bonds. The molecule has 0 N–H and O–H groups in total. The van der Waals surface area contributed by atoms with Gasteiger partial charge in [-0.15, -0.1) is 11.3 Å². The Kier molecular flexibility index (Phi) is 2.56. The lowest BCUT2D eigenvalue weighted by molar-refractivity contribution is 1.20. The standard InChI is InChI=1S/C8H7N3S2/c1-12-8-11-5-7(13-8)6-4-9-2-3-10-6/h2-5H,1H3. The topological polar surface area (TPSA) is 38.7 Å². The van der Waals surface area contributed by atoms with Crippen LogP contribution in [-0.4, -0.2) is 21.2 Å². The smallest absolute Gasteiger partial charge is 0.150 e. The number of hydrogen-bond donors (Lipinski definition) is 0. The molecule has 2 aromatic heterocycles. The monoisotopic (exact) mass is 209 g/mol. The van der Waals surface area contributed by atoms with Crippen LogP contribution in [0, 0.1) is 0 Å². The Labute approximate surface area is 84.3 Å². The van der Waals surface area contributed by atoms with E-state index in [4.69, 9.17) is 0 Å². The molecule has 0 radical (unpaired) electrons. The molecule has 0 saturated carbocycles. The quantitative estimate of drug-likeness (QED) is 0.711. The summed E-state index contributed by atoms with van der Waals surface area (Å²) >= 11 is 3.28. The van der Waals surface area contributed by atoms with Crippen molar-refractivity contribution in [2.45, 2.75) is 4.34 Å². The van der Waals surface area contributed by atoms with Gasteiger partial charge in [-0.3, -0.25) is 9.97 Å². The van der Waals surface area contributed by atoms with E-state index in [9.17, 15) is 0 Å². The van der Waals surface area contributed by atoms with Crippen LogP contribution in [0.25, 0.3) is 10.6 Å². The number of thiazole rings is 1. The molecule has 0 bridgehead atoms. The van der Waals surface area contributed by atoms with Crippen LogP contribution in [0.5, 0.6) is 0 Å². The van der Waals surface area contributed by atoms with Gasteiger partial charge in [0.25, 0.3) is 0 Å². The second kappa shape index (κ2) is 3.85. The highest BCUT2D eigenvalue weighted by Crippen LogP contribution is 2.28. The number of hydrogen-bond acceptors (Lipinski definition) is 5. The Morgan fingerprint density at radius 2 is 2.15 bits per heavy atom. The normalized spacial score (nSPS) is 10.2. The van der Waals surface area contributed by atoms with E-state index in [1.54, 1.807) is 41.7 Å². The van der Waals surface area contributed by atoms with Crippen LogP contribution >= 0.6 is 23.1 Å². The van der Waals surface area contributed by atoms with E-state index in [2.05, 4.69) is 15.0 Å². The van der Waals surface area contributed by atoms with Crippen LogP contribution in [0.4, 0.5) is 0 Å². The molecule has 0 atom stereocenters. The zero-order chi connectivity index (χ0) is 9.10. The van der Waals surface area contributed by atoms with Gasteiger partial charge in [-0.25, -0.2) is 4.98 Å². The number of rotatable bonds is 2. The van der Waals surface area contributed by atoms with Crippen molar-refractivity contribution in [1.29, 1.82) is 0 Å². The van der Waals surface area contributed by atoms with Crippen LogP contribution in [0.3, 0.4) is 0 Å². The Balaban J connectivity index is 2.36. The maximum Gasteiger partial charge on any atom is 0.150 e. The molecule has 0 aliphatic rings. The predicted octanol–water partition coefficient (Wildman–Crippen LogP) is 2.32. The van der Waals surface area contributed by atoms with E-state index in [0.29, 0.717) is 0 Å². The summed E-state index contributed by atoms with van der Waals surface area (Å²) in [5.41, 5.74) is 0.889. The molecule has 0 fully saturated rings. The predicted molar refractivity (Wildman–Crippen MR) is 54.9 cm³/mol. The summed E-state index contributed by atoms with van der Waals surface area (Å²) < 4.78 is 1.06. The molecular formula is C8H7N3S2. The zero-order valence-corrected chi connectivity index (χ0v) is 8.60. The molecule has 2 heterocycles. The highest BCUT2D eigenvalue weighted by atomic mass is 32.2. The van der Waals surface area contributed by atoms with E-state index in [-0.39, 0.29) is 0 Å². The molecule has 0 saturated heterocycles. The summed E-state index contributed by atoms with van der Waals surface area (Å²) in [6, 6.07) is 0. The van der Waals surface area contributed by atoms with Crippen molar-refractivity contribution in [1.82, 2.24) is 15.0 Å². The van der Waals surface area contributed by atoms with Crippen molar-refractivity contribution >= 4 is 23.1 Å². The first-order valence-electron chi connectivity index (χ1n) is 3.66. The van der Waals surface area contributed by atoms with Gasteiger partial charge in [0.15, 0.2) is 0 Å².